The topological polar surface area (TPSA) is 95.1 Å². The van der Waals surface area contributed by atoms with Crippen molar-refractivity contribution in [2.24, 2.45) is 5.73 Å². The van der Waals surface area contributed by atoms with Crippen LogP contribution in [0.25, 0.3) is 11.0 Å². The first-order valence-electron chi connectivity index (χ1n) is 9.72. The molecule has 0 fully saturated rings. The first kappa shape index (κ1) is 19.6. The summed E-state index contributed by atoms with van der Waals surface area (Å²) in [5, 5.41) is 4.10. The van der Waals surface area contributed by atoms with Crippen molar-refractivity contribution in [3.05, 3.63) is 99.7 Å². The third kappa shape index (κ3) is 4.16. The lowest BCUT2D eigenvalue weighted by molar-refractivity contribution is 0.0979. The summed E-state index contributed by atoms with van der Waals surface area (Å²) >= 11 is 0. The number of aromatic nitrogens is 3. The maximum atomic E-state index is 12.8. The van der Waals surface area contributed by atoms with E-state index in [1.807, 2.05) is 61.5 Å². The lowest BCUT2D eigenvalue weighted by atomic mass is 10.1. The number of hydrogen-bond donors (Lipinski definition) is 2. The van der Waals surface area contributed by atoms with Crippen LogP contribution in [0.15, 0.2) is 71.8 Å². The summed E-state index contributed by atoms with van der Waals surface area (Å²) in [7, 11) is 0. The third-order valence-electron chi connectivity index (χ3n) is 4.89. The fourth-order valence-corrected chi connectivity index (χ4v) is 3.26. The van der Waals surface area contributed by atoms with Crippen molar-refractivity contribution in [1.82, 2.24) is 14.7 Å². The van der Waals surface area contributed by atoms with E-state index >= 15 is 0 Å². The summed E-state index contributed by atoms with van der Waals surface area (Å²) in [6, 6.07) is 19.2. The Kier molecular flexibility index (Phi) is 5.72. The van der Waals surface area contributed by atoms with Crippen LogP contribution in [0.4, 0.5) is 5.69 Å². The summed E-state index contributed by atoms with van der Waals surface area (Å²) in [5.41, 5.74) is 10.4. The predicted molar refractivity (Wildman–Crippen MR) is 117 cm³/mol. The molecule has 0 unspecified atom stereocenters. The number of fused-ring (bicyclic) bond motifs is 1. The van der Waals surface area contributed by atoms with Gasteiger partial charge in [-0.1, -0.05) is 54.6 Å². The summed E-state index contributed by atoms with van der Waals surface area (Å²) in [6.45, 7) is 3.22. The minimum absolute atomic E-state index is 0.263. The molecule has 0 aliphatic rings. The number of nitrogens with zero attached hydrogens (tertiary/aromatic N) is 3. The lowest BCUT2D eigenvalue weighted by Crippen LogP contribution is -2.28. The van der Waals surface area contributed by atoms with Crippen molar-refractivity contribution < 1.29 is 4.84 Å². The van der Waals surface area contributed by atoms with Gasteiger partial charge < -0.3 is 15.9 Å². The van der Waals surface area contributed by atoms with Gasteiger partial charge in [0.25, 0.3) is 5.56 Å². The fourth-order valence-electron chi connectivity index (χ4n) is 3.26. The maximum absolute atomic E-state index is 12.8. The quantitative estimate of drug-likeness (QED) is 0.494. The van der Waals surface area contributed by atoms with Crippen molar-refractivity contribution in [3.8, 4) is 0 Å². The van der Waals surface area contributed by atoms with E-state index < -0.39 is 0 Å². The van der Waals surface area contributed by atoms with Crippen molar-refractivity contribution in [2.75, 3.05) is 5.32 Å². The molecule has 0 amide bonds. The van der Waals surface area contributed by atoms with Crippen LogP contribution < -0.4 is 21.4 Å². The van der Waals surface area contributed by atoms with Crippen LogP contribution in [0.5, 0.6) is 0 Å². The predicted octanol–water partition coefficient (Wildman–Crippen LogP) is 2.80. The Morgan fingerprint density at radius 2 is 1.73 bits per heavy atom. The zero-order chi connectivity index (χ0) is 20.9. The number of hydrogen-bond acceptors (Lipinski definition) is 6. The highest BCUT2D eigenvalue weighted by Gasteiger charge is 2.14. The molecule has 0 saturated heterocycles. The van der Waals surface area contributed by atoms with Crippen LogP contribution >= 0.6 is 0 Å². The lowest BCUT2D eigenvalue weighted by Gasteiger charge is -2.15. The zero-order valence-corrected chi connectivity index (χ0v) is 16.7. The molecule has 4 rings (SSSR count). The summed E-state index contributed by atoms with van der Waals surface area (Å²) < 4.78 is 1.23. The van der Waals surface area contributed by atoms with Gasteiger partial charge in [-0.2, -0.15) is 0 Å². The molecule has 0 radical (unpaired) electrons. The van der Waals surface area contributed by atoms with Crippen LogP contribution in [0.2, 0.25) is 0 Å². The van der Waals surface area contributed by atoms with E-state index in [-0.39, 0.29) is 12.2 Å². The highest BCUT2D eigenvalue weighted by Crippen LogP contribution is 2.23. The van der Waals surface area contributed by atoms with E-state index in [4.69, 9.17) is 10.6 Å². The molecule has 0 aliphatic heterocycles. The molecule has 0 spiro atoms. The highest BCUT2D eigenvalue weighted by molar-refractivity contribution is 5.90. The van der Waals surface area contributed by atoms with Crippen LogP contribution in [0.1, 0.15) is 22.4 Å². The van der Waals surface area contributed by atoms with Crippen molar-refractivity contribution in [1.29, 1.82) is 0 Å². The normalized spacial score (nSPS) is 10.9. The average Bonchev–Trinajstić information content (AvgIpc) is 2.78. The summed E-state index contributed by atoms with van der Waals surface area (Å²) in [4.78, 5) is 27.2. The molecule has 30 heavy (non-hydrogen) atoms. The Morgan fingerprint density at radius 1 is 1.00 bits per heavy atom. The van der Waals surface area contributed by atoms with Gasteiger partial charge in [-0.05, 0) is 23.6 Å². The minimum Gasteiger partial charge on any atom is -0.404 e. The molecule has 0 atom stereocenters. The van der Waals surface area contributed by atoms with Gasteiger partial charge in [0.2, 0.25) is 0 Å². The van der Waals surface area contributed by atoms with Gasteiger partial charge in [0, 0.05) is 19.2 Å². The van der Waals surface area contributed by atoms with Crippen LogP contribution in [-0.4, -0.2) is 14.7 Å². The maximum Gasteiger partial charge on any atom is 0.287 e. The Morgan fingerprint density at radius 3 is 2.47 bits per heavy atom. The molecule has 3 N–H and O–H groups in total. The standard InChI is InChI=1S/C23H23N5O2/c1-16-22-20(25-13-18-9-7-17(12-24)8-10-18)11-21(29)28(23(22)27-15-26-16)30-14-19-5-3-2-4-6-19/h2-11,15,25H,12-14,24H2,1H3. The van der Waals surface area contributed by atoms with E-state index in [0.717, 1.165) is 27.8 Å². The van der Waals surface area contributed by atoms with Crippen LogP contribution in [-0.2, 0) is 19.7 Å². The largest absolute Gasteiger partial charge is 0.404 e. The smallest absolute Gasteiger partial charge is 0.287 e. The molecule has 7 heteroatoms. The van der Waals surface area contributed by atoms with Crippen LogP contribution in [0.3, 0.4) is 0 Å². The Hall–Kier alpha value is -3.71. The Bertz CT molecular complexity index is 1200. The molecule has 0 aliphatic carbocycles. The second-order valence-electron chi connectivity index (χ2n) is 6.98. The summed E-state index contributed by atoms with van der Waals surface area (Å²) in [6.07, 6.45) is 1.44. The van der Waals surface area contributed by atoms with Gasteiger partial charge in [-0.3, -0.25) is 4.79 Å². The zero-order valence-electron chi connectivity index (χ0n) is 16.7. The summed E-state index contributed by atoms with van der Waals surface area (Å²) in [5.74, 6) is 0. The first-order valence-corrected chi connectivity index (χ1v) is 9.72. The second-order valence-corrected chi connectivity index (χ2v) is 6.98. The van der Waals surface area contributed by atoms with E-state index in [2.05, 4.69) is 15.3 Å². The van der Waals surface area contributed by atoms with E-state index in [1.165, 1.54) is 17.1 Å². The highest BCUT2D eigenvalue weighted by atomic mass is 16.7. The average molecular weight is 401 g/mol. The number of rotatable bonds is 7. The van der Waals surface area contributed by atoms with Crippen LogP contribution in [0, 0.1) is 6.92 Å². The molecular weight excluding hydrogens is 378 g/mol. The van der Waals surface area contributed by atoms with Gasteiger partial charge in [-0.15, -0.1) is 4.73 Å². The second kappa shape index (κ2) is 8.75. The molecule has 2 heterocycles. The van der Waals surface area contributed by atoms with E-state index in [1.54, 1.807) is 0 Å². The monoisotopic (exact) mass is 401 g/mol. The van der Waals surface area contributed by atoms with Gasteiger partial charge in [-0.25, -0.2) is 9.97 Å². The molecule has 7 nitrogen and oxygen atoms in total. The number of nitrogens with one attached hydrogen (secondary N) is 1. The molecule has 152 valence electrons. The fraction of sp³-hybridized carbons (Fsp3) is 0.174. The van der Waals surface area contributed by atoms with Gasteiger partial charge >= 0.3 is 0 Å². The minimum atomic E-state index is -0.294. The molecule has 4 aromatic rings. The SMILES string of the molecule is Cc1ncnc2c1c(NCc1ccc(CN)cc1)cc(=O)n2OCc1ccccc1. The third-order valence-corrected chi connectivity index (χ3v) is 4.89. The number of pyridine rings is 1. The molecule has 2 aromatic heterocycles. The van der Waals surface area contributed by atoms with Crippen molar-refractivity contribution in [3.63, 3.8) is 0 Å². The number of nitrogens with two attached hydrogens (primary N) is 1. The molecule has 0 bridgehead atoms. The number of anilines is 1. The number of benzene rings is 2. The van der Waals surface area contributed by atoms with Crippen molar-refractivity contribution in [2.45, 2.75) is 26.6 Å². The molecule has 0 saturated carbocycles. The molecule has 2 aromatic carbocycles. The Labute approximate surface area is 174 Å². The Balaban J connectivity index is 1.64. The van der Waals surface area contributed by atoms with Gasteiger partial charge in [0.15, 0.2) is 5.65 Å². The number of aryl methyl sites for hydroxylation is 1. The van der Waals surface area contributed by atoms with Gasteiger partial charge in [0.1, 0.15) is 12.9 Å². The van der Waals surface area contributed by atoms with E-state index in [9.17, 15) is 4.79 Å². The van der Waals surface area contributed by atoms with Gasteiger partial charge in [0.05, 0.1) is 16.8 Å². The van der Waals surface area contributed by atoms with Crippen molar-refractivity contribution >= 4 is 16.7 Å². The van der Waals surface area contributed by atoms with E-state index in [0.29, 0.717) is 24.4 Å². The molecular formula is C23H23N5O2. The first-order chi connectivity index (χ1) is 14.7.